The minimum absolute atomic E-state index is 0.0465. The molecule has 0 spiro atoms. The zero-order valence-electron chi connectivity index (χ0n) is 20.6. The molecule has 2 atom stereocenters. The Balaban J connectivity index is 1.43. The van der Waals surface area contributed by atoms with E-state index in [-0.39, 0.29) is 16.7 Å². The maximum absolute atomic E-state index is 13.8. The normalized spacial score (nSPS) is 15.8. The van der Waals surface area contributed by atoms with Crippen molar-refractivity contribution >= 4 is 21.9 Å². The Kier molecular flexibility index (Phi) is 7.76. The summed E-state index contributed by atoms with van der Waals surface area (Å²) in [5, 5.41) is 0.779. The summed E-state index contributed by atoms with van der Waals surface area (Å²) in [6.45, 7) is 3.01. The van der Waals surface area contributed by atoms with Crippen LogP contribution in [0.4, 0.5) is 4.39 Å². The Morgan fingerprint density at radius 1 is 0.973 bits per heavy atom. The highest BCUT2D eigenvalue weighted by molar-refractivity contribution is 7.97. The largest absolute Gasteiger partial charge is 0.494 e. The molecule has 1 heterocycles. The van der Waals surface area contributed by atoms with Gasteiger partial charge < -0.3 is 13.9 Å². The van der Waals surface area contributed by atoms with Crippen molar-refractivity contribution < 1.29 is 18.3 Å². The number of benzene rings is 3. The predicted molar refractivity (Wildman–Crippen MR) is 146 cm³/mol. The van der Waals surface area contributed by atoms with Crippen LogP contribution >= 0.6 is 0 Å². The summed E-state index contributed by atoms with van der Waals surface area (Å²) in [5.41, 5.74) is 1.25. The zero-order valence-corrected chi connectivity index (χ0v) is 21.4. The minimum Gasteiger partial charge on any atom is -0.494 e. The molecule has 1 aromatic heterocycles. The molecule has 2 unspecified atom stereocenters. The molecule has 6 heteroatoms. The molecule has 1 aliphatic carbocycles. The van der Waals surface area contributed by atoms with Crippen molar-refractivity contribution in [3.63, 3.8) is 0 Å². The number of halogens is 1. The van der Waals surface area contributed by atoms with Crippen molar-refractivity contribution in [1.82, 2.24) is 0 Å². The molecule has 0 radical (unpaired) electrons. The second-order valence-corrected chi connectivity index (χ2v) is 10.8. The van der Waals surface area contributed by atoms with Crippen LogP contribution in [-0.4, -0.2) is 18.5 Å². The van der Waals surface area contributed by atoms with E-state index < -0.39 is 10.9 Å². The summed E-state index contributed by atoms with van der Waals surface area (Å²) in [6.07, 6.45) is 6.21. The summed E-state index contributed by atoms with van der Waals surface area (Å²) in [7, 11) is -0.639. The lowest BCUT2D eigenvalue weighted by Crippen LogP contribution is -2.26. The van der Waals surface area contributed by atoms with Crippen LogP contribution in [0.5, 0.6) is 11.5 Å². The second kappa shape index (κ2) is 11.5. The van der Waals surface area contributed by atoms with E-state index in [9.17, 15) is 9.18 Å². The fraction of sp³-hybridized carbons (Fsp3) is 0.194. The van der Waals surface area contributed by atoms with Crippen molar-refractivity contribution in [3.05, 3.63) is 119 Å². The third kappa shape index (κ3) is 5.97. The first kappa shape index (κ1) is 24.9. The molecule has 0 fully saturated rings. The van der Waals surface area contributed by atoms with Crippen molar-refractivity contribution in [2.75, 3.05) is 13.2 Å². The van der Waals surface area contributed by atoms with Crippen LogP contribution in [0.3, 0.4) is 0 Å². The molecule has 188 valence electrons. The van der Waals surface area contributed by atoms with Crippen LogP contribution in [0.25, 0.3) is 11.0 Å². The number of para-hydroxylation sites is 1. The van der Waals surface area contributed by atoms with E-state index in [4.69, 9.17) is 13.9 Å². The summed E-state index contributed by atoms with van der Waals surface area (Å²) in [4.78, 5) is 14.8. The summed E-state index contributed by atoms with van der Waals surface area (Å²) >= 11 is 0. The standard InChI is InChI=1S/C31H28FO4S/c1-2-34-26-13-10-23-20-30(31(33)36-29(23)21-26)37(28-16-11-24(32)12-17-28)27-14-8-22(9-15-27)18-19-35-25-6-4-3-5-7-25/h3-16,20-21,28H,2,17-19H2,1H3/q+1. The molecule has 0 N–H and O–H groups in total. The molecule has 0 aliphatic heterocycles. The topological polar surface area (TPSA) is 48.7 Å². The highest BCUT2D eigenvalue weighted by atomic mass is 32.2. The Morgan fingerprint density at radius 2 is 1.78 bits per heavy atom. The Hall–Kier alpha value is -3.77. The van der Waals surface area contributed by atoms with Gasteiger partial charge in [0, 0.05) is 30.4 Å². The van der Waals surface area contributed by atoms with Crippen molar-refractivity contribution in [2.45, 2.75) is 34.8 Å². The minimum atomic E-state index is -0.639. The molecular weight excluding hydrogens is 487 g/mol. The first-order valence-electron chi connectivity index (χ1n) is 12.3. The van der Waals surface area contributed by atoms with Crippen LogP contribution in [0.2, 0.25) is 0 Å². The quantitative estimate of drug-likeness (QED) is 0.177. The first-order chi connectivity index (χ1) is 18.1. The molecule has 37 heavy (non-hydrogen) atoms. The summed E-state index contributed by atoms with van der Waals surface area (Å²) in [5.74, 6) is 1.26. The number of rotatable bonds is 9. The lowest BCUT2D eigenvalue weighted by molar-refractivity contribution is 0.322. The van der Waals surface area contributed by atoms with E-state index in [0.29, 0.717) is 35.9 Å². The average molecular weight is 516 g/mol. The van der Waals surface area contributed by atoms with Gasteiger partial charge in [-0.3, -0.25) is 0 Å². The van der Waals surface area contributed by atoms with Crippen molar-refractivity contribution in [1.29, 1.82) is 0 Å². The zero-order chi connectivity index (χ0) is 25.6. The molecular formula is C31H28FO4S+. The van der Waals surface area contributed by atoms with E-state index in [2.05, 4.69) is 24.3 Å². The molecule has 0 bridgehead atoms. The third-order valence-corrected chi connectivity index (χ3v) is 8.61. The molecule has 0 saturated heterocycles. The SMILES string of the molecule is CCOc1ccc2cc([S+](c3ccc(CCOc4ccccc4)cc3)C3C=CC(F)=CC3)c(=O)oc2c1. The van der Waals surface area contributed by atoms with Gasteiger partial charge in [-0.1, -0.05) is 30.3 Å². The molecule has 0 amide bonds. The van der Waals surface area contributed by atoms with E-state index >= 15 is 0 Å². The van der Waals surface area contributed by atoms with Crippen LogP contribution in [0, 0.1) is 0 Å². The number of hydrogen-bond donors (Lipinski definition) is 0. The lowest BCUT2D eigenvalue weighted by Gasteiger charge is -2.17. The van der Waals surface area contributed by atoms with Gasteiger partial charge in [0.25, 0.3) is 0 Å². The summed E-state index contributed by atoms with van der Waals surface area (Å²) < 4.78 is 30.9. The third-order valence-electron chi connectivity index (χ3n) is 6.12. The number of allylic oxidation sites excluding steroid dienone is 3. The van der Waals surface area contributed by atoms with E-state index in [1.807, 2.05) is 61.5 Å². The van der Waals surface area contributed by atoms with E-state index in [1.54, 1.807) is 12.1 Å². The Morgan fingerprint density at radius 3 is 2.51 bits per heavy atom. The van der Waals surface area contributed by atoms with Gasteiger partial charge >= 0.3 is 5.63 Å². The molecule has 0 saturated carbocycles. The highest BCUT2D eigenvalue weighted by Crippen LogP contribution is 2.33. The van der Waals surface area contributed by atoms with Gasteiger partial charge in [0.05, 0.1) is 24.1 Å². The fourth-order valence-electron chi connectivity index (χ4n) is 4.30. The first-order valence-corrected chi connectivity index (χ1v) is 13.6. The highest BCUT2D eigenvalue weighted by Gasteiger charge is 2.38. The van der Waals surface area contributed by atoms with E-state index in [1.165, 1.54) is 6.08 Å². The number of hydrogen-bond acceptors (Lipinski definition) is 4. The van der Waals surface area contributed by atoms with Gasteiger partial charge in [-0.05, 0) is 67.1 Å². The fourth-order valence-corrected chi connectivity index (χ4v) is 6.66. The van der Waals surface area contributed by atoms with Crippen LogP contribution in [0.1, 0.15) is 18.9 Å². The molecule has 1 aliphatic rings. The average Bonchev–Trinajstić information content (AvgIpc) is 2.92. The molecule has 4 nitrogen and oxygen atoms in total. The van der Waals surface area contributed by atoms with Crippen LogP contribution in [0.15, 0.2) is 122 Å². The van der Waals surface area contributed by atoms with Gasteiger partial charge in [-0.15, -0.1) is 0 Å². The maximum Gasteiger partial charge on any atom is 0.392 e. The Bertz CT molecular complexity index is 1480. The van der Waals surface area contributed by atoms with Gasteiger partial charge in [0.1, 0.15) is 22.9 Å². The van der Waals surface area contributed by atoms with Gasteiger partial charge in [0.15, 0.2) is 10.1 Å². The van der Waals surface area contributed by atoms with Gasteiger partial charge in [0.2, 0.25) is 4.90 Å². The van der Waals surface area contributed by atoms with E-state index in [0.717, 1.165) is 28.0 Å². The van der Waals surface area contributed by atoms with Crippen molar-refractivity contribution in [2.24, 2.45) is 0 Å². The van der Waals surface area contributed by atoms with Crippen LogP contribution in [-0.2, 0) is 17.3 Å². The van der Waals surface area contributed by atoms with Gasteiger partial charge in [-0.25, -0.2) is 9.18 Å². The summed E-state index contributed by atoms with van der Waals surface area (Å²) in [6, 6.07) is 25.4. The molecule has 3 aromatic carbocycles. The molecule has 5 rings (SSSR count). The lowest BCUT2D eigenvalue weighted by atomic mass is 10.2. The smallest absolute Gasteiger partial charge is 0.392 e. The number of fused-ring (bicyclic) bond motifs is 1. The molecule has 4 aromatic rings. The Labute approximate surface area is 218 Å². The predicted octanol–water partition coefficient (Wildman–Crippen LogP) is 7.03. The maximum atomic E-state index is 13.8. The van der Waals surface area contributed by atoms with Gasteiger partial charge in [-0.2, -0.15) is 0 Å². The monoisotopic (exact) mass is 515 g/mol. The second-order valence-electron chi connectivity index (χ2n) is 8.65. The number of ether oxygens (including phenoxy) is 2. The van der Waals surface area contributed by atoms with Crippen molar-refractivity contribution in [3.8, 4) is 11.5 Å². The van der Waals surface area contributed by atoms with Crippen LogP contribution < -0.4 is 15.1 Å².